The lowest BCUT2D eigenvalue weighted by atomic mass is 10.1. The lowest BCUT2D eigenvalue weighted by molar-refractivity contribution is 0.0205. The van der Waals surface area contributed by atoms with Crippen molar-refractivity contribution in [2.75, 3.05) is 26.3 Å². The third-order valence-electron chi connectivity index (χ3n) is 4.05. The van der Waals surface area contributed by atoms with Crippen molar-refractivity contribution in [1.82, 2.24) is 4.90 Å². The van der Waals surface area contributed by atoms with Crippen LogP contribution in [0.3, 0.4) is 0 Å². The van der Waals surface area contributed by atoms with Crippen molar-refractivity contribution in [3.63, 3.8) is 0 Å². The quantitative estimate of drug-likeness (QED) is 0.937. The van der Waals surface area contributed by atoms with Gasteiger partial charge in [0.25, 0.3) is 0 Å². The van der Waals surface area contributed by atoms with E-state index in [1.165, 1.54) is 9.75 Å². The number of rotatable bonds is 4. The normalized spacial score (nSPS) is 17.3. The lowest BCUT2D eigenvalue weighted by Gasteiger charge is -2.31. The molecule has 3 rings (SSSR count). The van der Waals surface area contributed by atoms with E-state index in [1.54, 1.807) is 23.5 Å². The fourth-order valence-corrected chi connectivity index (χ4v) is 3.75. The van der Waals surface area contributed by atoms with Gasteiger partial charge in [0, 0.05) is 28.9 Å². The van der Waals surface area contributed by atoms with E-state index < -0.39 is 5.97 Å². The number of carboxylic acids is 1. The molecule has 1 aliphatic heterocycles. The molecule has 116 valence electrons. The number of nitrogens with zero attached hydrogens (tertiary/aromatic N) is 1. The molecular weight excluding hydrogens is 298 g/mol. The highest BCUT2D eigenvalue weighted by Crippen LogP contribution is 2.34. The molecule has 0 radical (unpaired) electrons. The monoisotopic (exact) mass is 317 g/mol. The lowest BCUT2D eigenvalue weighted by Crippen LogP contribution is -2.37. The van der Waals surface area contributed by atoms with Gasteiger partial charge in [-0.05, 0) is 36.8 Å². The van der Waals surface area contributed by atoms with Crippen LogP contribution in [0.25, 0.3) is 10.4 Å². The van der Waals surface area contributed by atoms with Crippen molar-refractivity contribution < 1.29 is 14.6 Å². The fraction of sp³-hybridized carbons (Fsp3) is 0.353. The Balaban J connectivity index is 1.76. The Morgan fingerprint density at radius 1 is 1.18 bits per heavy atom. The molecule has 1 N–H and O–H groups in total. The van der Waals surface area contributed by atoms with Crippen LogP contribution in [0, 0.1) is 0 Å². The maximum absolute atomic E-state index is 10.9. The molecule has 1 fully saturated rings. The molecule has 2 heterocycles. The summed E-state index contributed by atoms with van der Waals surface area (Å²) in [7, 11) is 0. The topological polar surface area (TPSA) is 49.8 Å². The summed E-state index contributed by atoms with van der Waals surface area (Å²) in [5.41, 5.74) is 1.39. The maximum atomic E-state index is 10.9. The molecule has 5 heteroatoms. The van der Waals surface area contributed by atoms with E-state index in [0.29, 0.717) is 11.6 Å². The van der Waals surface area contributed by atoms with E-state index in [9.17, 15) is 4.79 Å². The predicted molar refractivity (Wildman–Crippen MR) is 87.5 cm³/mol. The molecule has 0 aliphatic carbocycles. The summed E-state index contributed by atoms with van der Waals surface area (Å²) in [4.78, 5) is 15.8. The van der Waals surface area contributed by atoms with Crippen LogP contribution in [0.4, 0.5) is 0 Å². The molecule has 1 unspecified atom stereocenters. The molecule has 1 saturated heterocycles. The highest BCUT2D eigenvalue weighted by Gasteiger charge is 2.20. The van der Waals surface area contributed by atoms with Gasteiger partial charge in [0.2, 0.25) is 0 Å². The molecule has 2 aromatic rings. The Morgan fingerprint density at radius 2 is 1.86 bits per heavy atom. The Bertz CT molecular complexity index is 644. The number of hydrogen-bond acceptors (Lipinski definition) is 4. The minimum absolute atomic E-state index is 0.321. The third kappa shape index (κ3) is 3.21. The van der Waals surface area contributed by atoms with Crippen LogP contribution < -0.4 is 0 Å². The van der Waals surface area contributed by atoms with Crippen LogP contribution in [-0.4, -0.2) is 42.3 Å². The first-order valence-electron chi connectivity index (χ1n) is 7.40. The van der Waals surface area contributed by atoms with Gasteiger partial charge < -0.3 is 9.84 Å². The first-order valence-corrected chi connectivity index (χ1v) is 8.22. The number of benzene rings is 1. The standard InChI is InChI=1S/C17H19NO3S/c1-12(18-8-10-21-11-9-18)15-6-7-16(22-15)13-2-4-14(5-3-13)17(19)20/h2-7,12H,8-11H2,1H3,(H,19,20). The van der Waals surface area contributed by atoms with Crippen molar-refractivity contribution in [3.05, 3.63) is 46.8 Å². The summed E-state index contributed by atoms with van der Waals surface area (Å²) in [5, 5.41) is 8.95. The van der Waals surface area contributed by atoms with Gasteiger partial charge in [-0.25, -0.2) is 4.79 Å². The molecule has 0 amide bonds. The molecular formula is C17H19NO3S. The molecule has 1 atom stereocenters. The summed E-state index contributed by atoms with van der Waals surface area (Å²) in [6.45, 7) is 5.79. The zero-order chi connectivity index (χ0) is 15.5. The first kappa shape index (κ1) is 15.2. The van der Waals surface area contributed by atoms with E-state index >= 15 is 0 Å². The van der Waals surface area contributed by atoms with Crippen LogP contribution >= 0.6 is 11.3 Å². The number of carboxylic acid groups (broad SMARTS) is 1. The van der Waals surface area contributed by atoms with E-state index in [1.807, 2.05) is 12.1 Å². The van der Waals surface area contributed by atoms with Gasteiger partial charge in [-0.2, -0.15) is 0 Å². The van der Waals surface area contributed by atoms with Crippen molar-refractivity contribution >= 4 is 17.3 Å². The van der Waals surface area contributed by atoms with Gasteiger partial charge in [-0.1, -0.05) is 12.1 Å². The molecule has 1 aromatic heterocycles. The highest BCUT2D eigenvalue weighted by molar-refractivity contribution is 7.15. The number of carbonyl (C=O) groups is 1. The smallest absolute Gasteiger partial charge is 0.335 e. The summed E-state index contributed by atoms with van der Waals surface area (Å²) < 4.78 is 5.40. The van der Waals surface area contributed by atoms with Crippen LogP contribution in [0.2, 0.25) is 0 Å². The average molecular weight is 317 g/mol. The Kier molecular flexibility index (Phi) is 4.57. The zero-order valence-electron chi connectivity index (χ0n) is 12.5. The minimum atomic E-state index is -0.889. The molecule has 22 heavy (non-hydrogen) atoms. The molecule has 0 saturated carbocycles. The summed E-state index contributed by atoms with van der Waals surface area (Å²) in [6.07, 6.45) is 0. The average Bonchev–Trinajstić information content (AvgIpc) is 3.05. The van der Waals surface area contributed by atoms with Crippen LogP contribution in [0.1, 0.15) is 28.2 Å². The zero-order valence-corrected chi connectivity index (χ0v) is 13.3. The molecule has 1 aliphatic rings. The van der Waals surface area contributed by atoms with Crippen molar-refractivity contribution in [2.45, 2.75) is 13.0 Å². The van der Waals surface area contributed by atoms with Gasteiger partial charge in [0.15, 0.2) is 0 Å². The predicted octanol–water partition coefficient (Wildman–Crippen LogP) is 3.51. The molecule has 0 bridgehead atoms. The van der Waals surface area contributed by atoms with Crippen LogP contribution in [-0.2, 0) is 4.74 Å². The van der Waals surface area contributed by atoms with Gasteiger partial charge >= 0.3 is 5.97 Å². The van der Waals surface area contributed by atoms with E-state index in [4.69, 9.17) is 9.84 Å². The Morgan fingerprint density at radius 3 is 2.50 bits per heavy atom. The number of aromatic carboxylic acids is 1. The second-order valence-electron chi connectivity index (χ2n) is 5.41. The number of hydrogen-bond donors (Lipinski definition) is 1. The van der Waals surface area contributed by atoms with E-state index in [-0.39, 0.29) is 0 Å². The van der Waals surface area contributed by atoms with Crippen molar-refractivity contribution in [1.29, 1.82) is 0 Å². The summed E-state index contributed by atoms with van der Waals surface area (Å²) in [6, 6.07) is 11.7. The molecule has 1 aromatic carbocycles. The number of ether oxygens (including phenoxy) is 1. The number of morpholine rings is 1. The van der Waals surface area contributed by atoms with Crippen LogP contribution in [0.15, 0.2) is 36.4 Å². The van der Waals surface area contributed by atoms with Gasteiger partial charge in [0.05, 0.1) is 18.8 Å². The van der Waals surface area contributed by atoms with E-state index in [0.717, 1.165) is 31.9 Å². The second kappa shape index (κ2) is 6.60. The first-order chi connectivity index (χ1) is 10.6. The van der Waals surface area contributed by atoms with Gasteiger partial charge in [-0.15, -0.1) is 11.3 Å². The maximum Gasteiger partial charge on any atom is 0.335 e. The van der Waals surface area contributed by atoms with Crippen molar-refractivity contribution in [3.8, 4) is 10.4 Å². The SMILES string of the molecule is CC(c1ccc(-c2ccc(C(=O)O)cc2)s1)N1CCOCC1. The van der Waals surface area contributed by atoms with Crippen LogP contribution in [0.5, 0.6) is 0 Å². The molecule has 0 spiro atoms. The molecule has 4 nitrogen and oxygen atoms in total. The summed E-state index contributed by atoms with van der Waals surface area (Å²) in [5.74, 6) is -0.889. The summed E-state index contributed by atoms with van der Waals surface area (Å²) >= 11 is 1.77. The van der Waals surface area contributed by atoms with Gasteiger partial charge in [-0.3, -0.25) is 4.90 Å². The Hall–Kier alpha value is -1.69. The highest BCUT2D eigenvalue weighted by atomic mass is 32.1. The largest absolute Gasteiger partial charge is 0.478 e. The second-order valence-corrected chi connectivity index (χ2v) is 6.52. The van der Waals surface area contributed by atoms with Gasteiger partial charge in [0.1, 0.15) is 0 Å². The Labute approximate surface area is 134 Å². The third-order valence-corrected chi connectivity index (χ3v) is 5.35. The number of thiophene rings is 1. The minimum Gasteiger partial charge on any atom is -0.478 e. The van der Waals surface area contributed by atoms with Crippen molar-refractivity contribution in [2.24, 2.45) is 0 Å². The fourth-order valence-electron chi connectivity index (χ4n) is 2.65. The van der Waals surface area contributed by atoms with E-state index in [2.05, 4.69) is 24.0 Å².